The van der Waals surface area contributed by atoms with Gasteiger partial charge < -0.3 is 10.5 Å². The van der Waals surface area contributed by atoms with Crippen molar-refractivity contribution in [2.24, 2.45) is 0 Å². The van der Waals surface area contributed by atoms with Crippen LogP contribution in [-0.4, -0.2) is 32.9 Å². The smallest absolute Gasteiger partial charge is 0.246 e. The standard InChI is InChI=1S/C13H21BrN2O3S/c1-4-6-7-16(5-2)20(17,18)13-9-11(15)10(14)8-12(13)19-3/h8-9H,4-7,15H2,1-3H3. The van der Waals surface area contributed by atoms with Gasteiger partial charge in [-0.15, -0.1) is 0 Å². The molecule has 114 valence electrons. The second kappa shape index (κ2) is 7.28. The molecule has 0 aliphatic rings. The van der Waals surface area contributed by atoms with E-state index in [1.54, 1.807) is 6.07 Å². The number of anilines is 1. The number of rotatable bonds is 7. The van der Waals surface area contributed by atoms with Crippen LogP contribution in [0.15, 0.2) is 21.5 Å². The van der Waals surface area contributed by atoms with Gasteiger partial charge in [-0.2, -0.15) is 4.31 Å². The van der Waals surface area contributed by atoms with Gasteiger partial charge >= 0.3 is 0 Å². The summed E-state index contributed by atoms with van der Waals surface area (Å²) in [6.07, 6.45) is 1.76. The van der Waals surface area contributed by atoms with Gasteiger partial charge in [0.1, 0.15) is 10.6 Å². The van der Waals surface area contributed by atoms with Crippen molar-refractivity contribution < 1.29 is 13.2 Å². The normalized spacial score (nSPS) is 11.8. The van der Waals surface area contributed by atoms with Crippen molar-refractivity contribution in [2.45, 2.75) is 31.6 Å². The van der Waals surface area contributed by atoms with Crippen LogP contribution in [0.1, 0.15) is 26.7 Å². The minimum atomic E-state index is -3.60. The Morgan fingerprint density at radius 3 is 2.50 bits per heavy atom. The molecule has 0 amide bonds. The second-order valence-corrected chi connectivity index (χ2v) is 7.14. The summed E-state index contributed by atoms with van der Waals surface area (Å²) in [6.45, 7) is 4.76. The first-order chi connectivity index (χ1) is 9.38. The predicted octanol–water partition coefficient (Wildman–Crippen LogP) is 2.85. The Balaban J connectivity index is 3.29. The van der Waals surface area contributed by atoms with E-state index in [4.69, 9.17) is 10.5 Å². The summed E-state index contributed by atoms with van der Waals surface area (Å²) < 4.78 is 32.6. The lowest BCUT2D eigenvalue weighted by atomic mass is 10.3. The van der Waals surface area contributed by atoms with Gasteiger partial charge in [0.05, 0.1) is 7.11 Å². The lowest BCUT2D eigenvalue weighted by Crippen LogP contribution is -2.32. The van der Waals surface area contributed by atoms with Crippen LogP contribution >= 0.6 is 15.9 Å². The Bertz CT molecular complexity index is 561. The Labute approximate surface area is 129 Å². The largest absolute Gasteiger partial charge is 0.495 e. The molecule has 0 atom stereocenters. The summed E-state index contributed by atoms with van der Waals surface area (Å²) in [7, 11) is -2.15. The van der Waals surface area contributed by atoms with E-state index in [2.05, 4.69) is 15.9 Å². The molecule has 1 rings (SSSR count). The highest BCUT2D eigenvalue weighted by molar-refractivity contribution is 9.10. The molecular weight excluding hydrogens is 344 g/mol. The number of nitrogens with zero attached hydrogens (tertiary/aromatic N) is 1. The monoisotopic (exact) mass is 364 g/mol. The first kappa shape index (κ1) is 17.3. The average molecular weight is 365 g/mol. The van der Waals surface area contributed by atoms with Gasteiger partial charge in [-0.25, -0.2) is 8.42 Å². The van der Waals surface area contributed by atoms with Crippen LogP contribution in [0.5, 0.6) is 5.75 Å². The van der Waals surface area contributed by atoms with Gasteiger partial charge in [0, 0.05) is 23.2 Å². The number of hydrogen-bond donors (Lipinski definition) is 1. The molecule has 0 unspecified atom stereocenters. The predicted molar refractivity (Wildman–Crippen MR) is 84.4 cm³/mol. The zero-order valence-corrected chi connectivity index (χ0v) is 14.4. The summed E-state index contributed by atoms with van der Waals surface area (Å²) in [5, 5.41) is 0. The van der Waals surface area contributed by atoms with E-state index in [9.17, 15) is 8.42 Å². The fraction of sp³-hybridized carbons (Fsp3) is 0.538. The lowest BCUT2D eigenvalue weighted by Gasteiger charge is -2.22. The molecule has 1 aromatic rings. The molecule has 0 saturated carbocycles. The van der Waals surface area contributed by atoms with E-state index < -0.39 is 10.0 Å². The lowest BCUT2D eigenvalue weighted by molar-refractivity contribution is 0.390. The van der Waals surface area contributed by atoms with Gasteiger partial charge in [0.2, 0.25) is 10.0 Å². The number of halogens is 1. The van der Waals surface area contributed by atoms with Crippen LogP contribution in [-0.2, 0) is 10.0 Å². The van der Waals surface area contributed by atoms with Gasteiger partial charge in [0.15, 0.2) is 0 Å². The fourth-order valence-corrected chi connectivity index (χ4v) is 3.82. The molecule has 0 spiro atoms. The molecule has 0 aliphatic heterocycles. The van der Waals surface area contributed by atoms with E-state index >= 15 is 0 Å². The van der Waals surface area contributed by atoms with Crippen LogP contribution in [0, 0.1) is 0 Å². The number of ether oxygens (including phenoxy) is 1. The highest BCUT2D eigenvalue weighted by atomic mass is 79.9. The van der Waals surface area contributed by atoms with Crippen molar-refractivity contribution >= 4 is 31.6 Å². The number of sulfonamides is 1. The van der Waals surface area contributed by atoms with Gasteiger partial charge in [-0.3, -0.25) is 0 Å². The number of benzene rings is 1. The average Bonchev–Trinajstić information content (AvgIpc) is 2.41. The van der Waals surface area contributed by atoms with Crippen LogP contribution < -0.4 is 10.5 Å². The molecule has 7 heteroatoms. The Morgan fingerprint density at radius 1 is 1.35 bits per heavy atom. The van der Waals surface area contributed by atoms with E-state index in [1.165, 1.54) is 17.5 Å². The minimum Gasteiger partial charge on any atom is -0.495 e. The van der Waals surface area contributed by atoms with Crippen molar-refractivity contribution in [3.63, 3.8) is 0 Å². The molecule has 2 N–H and O–H groups in total. The van der Waals surface area contributed by atoms with E-state index in [1.807, 2.05) is 13.8 Å². The van der Waals surface area contributed by atoms with Crippen LogP contribution in [0.2, 0.25) is 0 Å². The number of nitrogens with two attached hydrogens (primary N) is 1. The zero-order valence-electron chi connectivity index (χ0n) is 12.0. The first-order valence-corrected chi connectivity index (χ1v) is 8.74. The molecule has 0 bridgehead atoms. The van der Waals surface area contributed by atoms with Crippen molar-refractivity contribution in [2.75, 3.05) is 25.9 Å². The number of methoxy groups -OCH3 is 1. The van der Waals surface area contributed by atoms with Crippen molar-refractivity contribution in [1.29, 1.82) is 0 Å². The number of hydrogen-bond acceptors (Lipinski definition) is 4. The summed E-state index contributed by atoms with van der Waals surface area (Å²) in [6, 6.07) is 3.02. The van der Waals surface area contributed by atoms with E-state index in [0.29, 0.717) is 29.0 Å². The summed E-state index contributed by atoms with van der Waals surface area (Å²) >= 11 is 3.27. The molecule has 20 heavy (non-hydrogen) atoms. The molecule has 0 aliphatic carbocycles. The Kier molecular flexibility index (Phi) is 6.29. The minimum absolute atomic E-state index is 0.110. The van der Waals surface area contributed by atoms with Crippen molar-refractivity contribution in [1.82, 2.24) is 4.31 Å². The van der Waals surface area contributed by atoms with Gasteiger partial charge in [0.25, 0.3) is 0 Å². The quantitative estimate of drug-likeness (QED) is 0.755. The molecule has 1 aromatic carbocycles. The molecule has 0 aromatic heterocycles. The second-order valence-electron chi connectivity index (χ2n) is 4.37. The summed E-state index contributed by atoms with van der Waals surface area (Å²) in [5.41, 5.74) is 6.17. The molecular formula is C13H21BrN2O3S. The molecule has 0 fully saturated rings. The van der Waals surface area contributed by atoms with Gasteiger partial charge in [-0.1, -0.05) is 20.3 Å². The third kappa shape index (κ3) is 3.65. The van der Waals surface area contributed by atoms with Crippen LogP contribution in [0.4, 0.5) is 5.69 Å². The van der Waals surface area contributed by atoms with Crippen molar-refractivity contribution in [3.05, 3.63) is 16.6 Å². The highest BCUT2D eigenvalue weighted by Crippen LogP contribution is 2.33. The molecule has 5 nitrogen and oxygen atoms in total. The third-order valence-corrected chi connectivity index (χ3v) is 5.70. The van der Waals surface area contributed by atoms with Gasteiger partial charge in [-0.05, 0) is 34.5 Å². The molecule has 0 saturated heterocycles. The maximum absolute atomic E-state index is 12.7. The SMILES string of the molecule is CCCCN(CC)S(=O)(=O)c1cc(N)c(Br)cc1OC. The topological polar surface area (TPSA) is 72.6 Å². The molecule has 0 heterocycles. The first-order valence-electron chi connectivity index (χ1n) is 6.51. The van der Waals surface area contributed by atoms with Crippen LogP contribution in [0.25, 0.3) is 0 Å². The number of unbranched alkanes of at least 4 members (excludes halogenated alkanes) is 1. The maximum atomic E-state index is 12.7. The van der Waals surface area contributed by atoms with Crippen molar-refractivity contribution in [3.8, 4) is 5.75 Å². The highest BCUT2D eigenvalue weighted by Gasteiger charge is 2.27. The van der Waals surface area contributed by atoms with E-state index in [0.717, 1.165) is 12.8 Å². The zero-order chi connectivity index (χ0) is 15.3. The van der Waals surface area contributed by atoms with E-state index in [-0.39, 0.29) is 4.90 Å². The van der Waals surface area contributed by atoms with Crippen LogP contribution in [0.3, 0.4) is 0 Å². The Morgan fingerprint density at radius 2 is 2.00 bits per heavy atom. The molecule has 0 radical (unpaired) electrons. The number of nitrogen functional groups attached to an aromatic ring is 1. The summed E-state index contributed by atoms with van der Waals surface area (Å²) in [4.78, 5) is 0.110. The maximum Gasteiger partial charge on any atom is 0.246 e. The third-order valence-electron chi connectivity index (χ3n) is 3.01. The Hall–Kier alpha value is -0.790. The summed E-state index contributed by atoms with van der Waals surface area (Å²) in [5.74, 6) is 0.293. The fourth-order valence-electron chi connectivity index (χ4n) is 1.83.